The van der Waals surface area contributed by atoms with E-state index in [4.69, 9.17) is 0 Å². The topological polar surface area (TPSA) is 79.1 Å². The minimum Gasteiger partial charge on any atom is -0.507 e. The molecular formula is C21H15N3O2. The minimum absolute atomic E-state index is 0.0739. The van der Waals surface area contributed by atoms with Crippen molar-refractivity contribution in [3.63, 3.8) is 0 Å². The summed E-state index contributed by atoms with van der Waals surface area (Å²) in [6.45, 7) is 0. The smallest absolute Gasteiger partial charge is 0.170 e. The molecule has 0 radical (unpaired) electrons. The molecule has 5 nitrogen and oxygen atoms in total. The molecular weight excluding hydrogens is 326 g/mol. The Morgan fingerprint density at radius 3 is 1.69 bits per heavy atom. The first-order valence-corrected chi connectivity index (χ1v) is 8.08. The average Bonchev–Trinajstić information content (AvgIpc) is 2.66. The van der Waals surface area contributed by atoms with E-state index in [1.807, 2.05) is 30.3 Å². The molecule has 1 aromatic heterocycles. The van der Waals surface area contributed by atoms with Crippen molar-refractivity contribution in [2.75, 3.05) is 0 Å². The highest BCUT2D eigenvalue weighted by atomic mass is 16.3. The summed E-state index contributed by atoms with van der Waals surface area (Å²) in [4.78, 5) is 12.4. The van der Waals surface area contributed by atoms with Crippen molar-refractivity contribution < 1.29 is 10.2 Å². The van der Waals surface area contributed by atoms with Crippen LogP contribution in [0.2, 0.25) is 0 Å². The number of rotatable bonds is 2. The quantitative estimate of drug-likeness (QED) is 0.509. The Hall–Kier alpha value is -3.73. The van der Waals surface area contributed by atoms with Crippen LogP contribution in [0.4, 0.5) is 0 Å². The molecule has 3 aromatic rings. The van der Waals surface area contributed by atoms with E-state index in [1.54, 1.807) is 6.07 Å². The second-order valence-electron chi connectivity index (χ2n) is 5.75. The number of hydrogen-bond donors (Lipinski definition) is 2. The van der Waals surface area contributed by atoms with Gasteiger partial charge in [0.1, 0.15) is 23.4 Å². The van der Waals surface area contributed by atoms with Gasteiger partial charge in [-0.15, -0.1) is 0 Å². The Labute approximate surface area is 149 Å². The van der Waals surface area contributed by atoms with Gasteiger partial charge in [0.25, 0.3) is 0 Å². The minimum atomic E-state index is -0.0739. The van der Waals surface area contributed by atoms with Crippen molar-refractivity contribution in [3.05, 3.63) is 89.6 Å². The fourth-order valence-electron chi connectivity index (χ4n) is 2.56. The van der Waals surface area contributed by atoms with Gasteiger partial charge in [-0.3, -0.25) is 0 Å². The van der Waals surface area contributed by atoms with Crippen LogP contribution in [0.5, 0.6) is 11.5 Å². The Morgan fingerprint density at radius 1 is 0.577 bits per heavy atom. The van der Waals surface area contributed by atoms with Gasteiger partial charge in [-0.1, -0.05) is 60.7 Å². The van der Waals surface area contributed by atoms with Crippen molar-refractivity contribution in [3.8, 4) is 34.3 Å². The molecule has 126 valence electrons. The van der Waals surface area contributed by atoms with Crippen LogP contribution in [0.15, 0.2) is 79.1 Å². The van der Waals surface area contributed by atoms with Crippen LogP contribution in [-0.4, -0.2) is 25.2 Å². The van der Waals surface area contributed by atoms with Crippen molar-refractivity contribution >= 4 is 0 Å². The first-order chi connectivity index (χ1) is 12.7. The third kappa shape index (κ3) is 2.98. The zero-order valence-electron chi connectivity index (χ0n) is 13.7. The summed E-state index contributed by atoms with van der Waals surface area (Å²) >= 11 is 0. The SMILES string of the molecule is Oc1cccc(O)c1-c1ncnc(-c2ccccc2)n1.c1cc2ccc1=2. The molecule has 2 aliphatic rings. The molecule has 0 bridgehead atoms. The van der Waals surface area contributed by atoms with E-state index in [0.717, 1.165) is 5.56 Å². The molecule has 2 N–H and O–H groups in total. The van der Waals surface area contributed by atoms with Crippen LogP contribution in [-0.2, 0) is 0 Å². The van der Waals surface area contributed by atoms with Gasteiger partial charge in [-0.2, -0.15) is 0 Å². The normalized spacial score (nSPS) is 10.6. The van der Waals surface area contributed by atoms with Crippen molar-refractivity contribution in [1.29, 1.82) is 0 Å². The molecule has 26 heavy (non-hydrogen) atoms. The predicted molar refractivity (Wildman–Crippen MR) is 98.1 cm³/mol. The fourth-order valence-corrected chi connectivity index (χ4v) is 2.56. The number of phenols is 2. The number of hydrogen-bond acceptors (Lipinski definition) is 5. The van der Waals surface area contributed by atoms with Crippen molar-refractivity contribution in [2.24, 2.45) is 0 Å². The van der Waals surface area contributed by atoms with Crippen LogP contribution < -0.4 is 0 Å². The van der Waals surface area contributed by atoms with E-state index < -0.39 is 0 Å². The highest BCUT2D eigenvalue weighted by molar-refractivity contribution is 5.71. The highest BCUT2D eigenvalue weighted by Gasteiger charge is 2.13. The fraction of sp³-hybridized carbons (Fsp3) is 0. The second kappa shape index (κ2) is 6.64. The molecule has 5 heteroatoms. The number of aromatic hydroxyl groups is 2. The van der Waals surface area contributed by atoms with Crippen LogP contribution in [0.3, 0.4) is 0 Å². The van der Waals surface area contributed by atoms with Crippen LogP contribution in [0.1, 0.15) is 0 Å². The summed E-state index contributed by atoms with van der Waals surface area (Å²) in [6, 6.07) is 22.4. The van der Waals surface area contributed by atoms with Crippen LogP contribution in [0, 0.1) is 10.4 Å². The van der Waals surface area contributed by atoms with E-state index >= 15 is 0 Å². The standard InChI is InChI=1S/C15H11N3O2.C6H4/c19-11-7-4-8-12(20)13(11)15-17-9-16-14(18-15)10-5-2-1-3-6-10;1-2-6-4-3-5(1)6/h1-9,19-20H;1-4H. The van der Waals surface area contributed by atoms with E-state index in [9.17, 15) is 10.2 Å². The molecule has 0 fully saturated rings. The van der Waals surface area contributed by atoms with Gasteiger partial charge in [0.2, 0.25) is 0 Å². The summed E-state index contributed by atoms with van der Waals surface area (Å²) in [5, 5.41) is 22.5. The highest BCUT2D eigenvalue weighted by Crippen LogP contribution is 2.34. The number of nitrogens with zero attached hydrogens (tertiary/aromatic N) is 3. The number of phenolic OH excluding ortho intramolecular Hbond substituents is 2. The van der Waals surface area contributed by atoms with Gasteiger partial charge in [-0.25, -0.2) is 15.0 Å². The van der Waals surface area contributed by atoms with Gasteiger partial charge in [0.05, 0.1) is 0 Å². The lowest BCUT2D eigenvalue weighted by Gasteiger charge is -2.06. The van der Waals surface area contributed by atoms with Crippen molar-refractivity contribution in [2.45, 2.75) is 0 Å². The average molecular weight is 341 g/mol. The maximum absolute atomic E-state index is 9.85. The maximum Gasteiger partial charge on any atom is 0.170 e. The maximum atomic E-state index is 9.85. The monoisotopic (exact) mass is 341 g/mol. The van der Waals surface area contributed by atoms with E-state index in [1.165, 1.54) is 28.9 Å². The molecule has 0 amide bonds. The summed E-state index contributed by atoms with van der Waals surface area (Å²) in [5.74, 6) is 0.568. The van der Waals surface area contributed by atoms with Crippen molar-refractivity contribution in [1.82, 2.24) is 15.0 Å². The predicted octanol–water partition coefficient (Wildman–Crippen LogP) is 3.90. The Bertz CT molecular complexity index is 1090. The Morgan fingerprint density at radius 2 is 1.15 bits per heavy atom. The second-order valence-corrected chi connectivity index (χ2v) is 5.75. The third-order valence-corrected chi connectivity index (χ3v) is 4.07. The molecule has 0 spiro atoms. The lowest BCUT2D eigenvalue weighted by molar-refractivity contribution is 0.453. The van der Waals surface area contributed by atoms with Crippen LogP contribution in [0.25, 0.3) is 22.8 Å². The van der Waals surface area contributed by atoms with E-state index in [0.29, 0.717) is 5.82 Å². The molecule has 0 saturated heterocycles. The van der Waals surface area contributed by atoms with Gasteiger partial charge >= 0.3 is 0 Å². The zero-order valence-corrected chi connectivity index (χ0v) is 13.7. The van der Waals surface area contributed by atoms with E-state index in [2.05, 4.69) is 39.2 Å². The van der Waals surface area contributed by atoms with Crippen LogP contribution >= 0.6 is 0 Å². The molecule has 0 saturated carbocycles. The van der Waals surface area contributed by atoms with Gasteiger partial charge in [0.15, 0.2) is 11.6 Å². The molecule has 0 atom stereocenters. The number of aromatic nitrogens is 3. The largest absolute Gasteiger partial charge is 0.507 e. The third-order valence-electron chi connectivity index (χ3n) is 4.07. The van der Waals surface area contributed by atoms with Gasteiger partial charge in [-0.05, 0) is 22.6 Å². The first-order valence-electron chi connectivity index (χ1n) is 8.08. The lowest BCUT2D eigenvalue weighted by Crippen LogP contribution is -1.95. The molecule has 0 unspecified atom stereocenters. The molecule has 2 aliphatic carbocycles. The molecule has 2 aromatic carbocycles. The zero-order chi connectivity index (χ0) is 17.9. The lowest BCUT2D eigenvalue weighted by atomic mass is 10.1. The molecule has 5 rings (SSSR count). The van der Waals surface area contributed by atoms with E-state index in [-0.39, 0.29) is 22.9 Å². The summed E-state index contributed by atoms with van der Waals surface area (Å²) < 4.78 is 0. The summed E-state index contributed by atoms with van der Waals surface area (Å²) in [6.07, 6.45) is 1.36. The first kappa shape index (κ1) is 15.8. The Kier molecular flexibility index (Phi) is 4.03. The summed E-state index contributed by atoms with van der Waals surface area (Å²) in [7, 11) is 0. The van der Waals surface area contributed by atoms with Gasteiger partial charge in [0, 0.05) is 5.56 Å². The van der Waals surface area contributed by atoms with Gasteiger partial charge < -0.3 is 10.2 Å². The molecule has 0 aliphatic heterocycles. The summed E-state index contributed by atoms with van der Waals surface area (Å²) in [5.41, 5.74) is 1.04. The molecule has 1 heterocycles. The number of benzene rings is 3. The Balaban J connectivity index is 0.000000233.